The lowest BCUT2D eigenvalue weighted by Gasteiger charge is -2.24. The van der Waals surface area contributed by atoms with Gasteiger partial charge in [-0.25, -0.2) is 0 Å². The van der Waals surface area contributed by atoms with E-state index in [9.17, 15) is 14.7 Å². The Hall–Kier alpha value is -2.36. The number of fused-ring (bicyclic) bond motifs is 2. The minimum atomic E-state index is -0.897. The number of anilines is 1. The van der Waals surface area contributed by atoms with Crippen LogP contribution in [0.3, 0.4) is 0 Å². The van der Waals surface area contributed by atoms with Gasteiger partial charge in [0.15, 0.2) is 0 Å². The minimum Gasteiger partial charge on any atom is -0.481 e. The van der Waals surface area contributed by atoms with Crippen LogP contribution in [0.4, 0.5) is 5.69 Å². The van der Waals surface area contributed by atoms with Gasteiger partial charge in [0.05, 0.1) is 11.8 Å². The molecule has 1 fully saturated rings. The Morgan fingerprint density at radius 3 is 2.25 bits per heavy atom. The topological polar surface area (TPSA) is 66.4 Å². The van der Waals surface area contributed by atoms with Crippen molar-refractivity contribution in [1.82, 2.24) is 0 Å². The zero-order valence-electron chi connectivity index (χ0n) is 14.5. The summed E-state index contributed by atoms with van der Waals surface area (Å²) in [5.41, 5.74) is 5.08. The third kappa shape index (κ3) is 2.46. The highest BCUT2D eigenvalue weighted by molar-refractivity contribution is 5.97. The number of allylic oxidation sites excluding steroid dienone is 4. The number of aryl methyl sites for hydroxylation is 1. The quantitative estimate of drug-likeness (QED) is 0.833. The second-order valence-corrected chi connectivity index (χ2v) is 7.02. The Morgan fingerprint density at radius 2 is 1.67 bits per heavy atom. The molecular formula is C20H23NO3. The van der Waals surface area contributed by atoms with Gasteiger partial charge in [0.1, 0.15) is 0 Å². The van der Waals surface area contributed by atoms with Gasteiger partial charge >= 0.3 is 5.97 Å². The van der Waals surface area contributed by atoms with Gasteiger partial charge in [0, 0.05) is 17.5 Å². The molecule has 2 aliphatic rings. The zero-order valence-corrected chi connectivity index (χ0v) is 14.5. The Balaban J connectivity index is 1.94. The molecule has 24 heavy (non-hydrogen) atoms. The fourth-order valence-corrected chi connectivity index (χ4v) is 4.14. The molecule has 2 aliphatic carbocycles. The van der Waals surface area contributed by atoms with Crippen LogP contribution in [0, 0.1) is 37.5 Å². The Morgan fingerprint density at radius 1 is 1.04 bits per heavy atom. The summed E-state index contributed by atoms with van der Waals surface area (Å²) in [6.07, 6.45) is 3.95. The molecule has 4 heteroatoms. The number of amides is 1. The SMILES string of the molecule is CC(C)=C1[C@H]2C=C[C@@H]1[C@H](C(=O)Nc1cccc(C)c1C)[C@@H]2C(=O)O. The van der Waals surface area contributed by atoms with Crippen molar-refractivity contribution < 1.29 is 14.7 Å². The molecule has 0 aliphatic heterocycles. The summed E-state index contributed by atoms with van der Waals surface area (Å²) < 4.78 is 0. The Kier molecular flexibility index (Phi) is 4.08. The highest BCUT2D eigenvalue weighted by atomic mass is 16.4. The van der Waals surface area contributed by atoms with Gasteiger partial charge in [0.25, 0.3) is 0 Å². The minimum absolute atomic E-state index is 0.105. The van der Waals surface area contributed by atoms with Crippen molar-refractivity contribution >= 4 is 17.6 Å². The highest BCUT2D eigenvalue weighted by Gasteiger charge is 2.54. The molecular weight excluding hydrogens is 302 g/mol. The molecule has 0 spiro atoms. The third-order valence-electron chi connectivity index (χ3n) is 5.43. The number of carboxylic acids is 1. The first kappa shape index (κ1) is 16.5. The fraction of sp³-hybridized carbons (Fsp3) is 0.400. The van der Waals surface area contributed by atoms with Crippen LogP contribution in [0.2, 0.25) is 0 Å². The molecule has 1 aromatic carbocycles. The van der Waals surface area contributed by atoms with Gasteiger partial charge < -0.3 is 10.4 Å². The van der Waals surface area contributed by atoms with Crippen LogP contribution >= 0.6 is 0 Å². The average molecular weight is 325 g/mol. The van der Waals surface area contributed by atoms with Crippen LogP contribution in [0.15, 0.2) is 41.5 Å². The molecule has 0 radical (unpaired) electrons. The van der Waals surface area contributed by atoms with Crippen molar-refractivity contribution in [3.05, 3.63) is 52.6 Å². The Bertz CT molecular complexity index is 771. The van der Waals surface area contributed by atoms with E-state index < -0.39 is 17.8 Å². The lowest BCUT2D eigenvalue weighted by molar-refractivity contribution is -0.146. The zero-order chi connectivity index (χ0) is 17.6. The number of aliphatic carboxylic acids is 1. The van der Waals surface area contributed by atoms with Crippen LogP contribution in [0.25, 0.3) is 0 Å². The van der Waals surface area contributed by atoms with Crippen molar-refractivity contribution in [2.45, 2.75) is 27.7 Å². The van der Waals surface area contributed by atoms with Crippen molar-refractivity contribution in [3.63, 3.8) is 0 Å². The van der Waals surface area contributed by atoms with Crippen LogP contribution in [0.5, 0.6) is 0 Å². The second kappa shape index (κ2) is 5.93. The lowest BCUT2D eigenvalue weighted by Crippen LogP contribution is -2.36. The van der Waals surface area contributed by atoms with E-state index in [4.69, 9.17) is 0 Å². The number of carbonyl (C=O) groups is 2. The van der Waals surface area contributed by atoms with Crippen molar-refractivity contribution in [2.24, 2.45) is 23.7 Å². The summed E-state index contributed by atoms with van der Waals surface area (Å²) in [5, 5.41) is 12.6. The van der Waals surface area contributed by atoms with Gasteiger partial charge in [-0.3, -0.25) is 9.59 Å². The maximum absolute atomic E-state index is 12.9. The monoisotopic (exact) mass is 325 g/mol. The van der Waals surface area contributed by atoms with Gasteiger partial charge in [-0.2, -0.15) is 0 Å². The molecule has 2 bridgehead atoms. The Labute approximate surface area is 142 Å². The molecule has 0 saturated heterocycles. The summed E-state index contributed by atoms with van der Waals surface area (Å²) >= 11 is 0. The maximum Gasteiger partial charge on any atom is 0.308 e. The number of carbonyl (C=O) groups excluding carboxylic acids is 1. The van der Waals surface area contributed by atoms with E-state index in [1.165, 1.54) is 0 Å². The number of benzene rings is 1. The molecule has 126 valence electrons. The number of hydrogen-bond acceptors (Lipinski definition) is 2. The van der Waals surface area contributed by atoms with E-state index in [1.807, 2.05) is 58.0 Å². The number of carboxylic acid groups (broad SMARTS) is 1. The molecule has 1 aromatic rings. The smallest absolute Gasteiger partial charge is 0.308 e. The largest absolute Gasteiger partial charge is 0.481 e. The molecule has 1 saturated carbocycles. The lowest BCUT2D eigenvalue weighted by atomic mass is 9.82. The molecule has 4 nitrogen and oxygen atoms in total. The standard InChI is InChI=1S/C20H23NO3/c1-10(2)16-13-8-9-14(16)18(20(23)24)17(13)19(22)21-15-7-5-6-11(3)12(15)4/h5-9,13-14,17-18H,1-4H3,(H,21,22)(H,23,24)/t13-,14+,17-,18+/m0/s1. The van der Waals surface area contributed by atoms with Gasteiger partial charge in [-0.05, 0) is 44.9 Å². The van der Waals surface area contributed by atoms with Crippen molar-refractivity contribution in [2.75, 3.05) is 5.32 Å². The maximum atomic E-state index is 12.9. The first-order valence-electron chi connectivity index (χ1n) is 8.28. The first-order chi connectivity index (χ1) is 11.3. The average Bonchev–Trinajstić information content (AvgIpc) is 3.07. The normalized spacial score (nSPS) is 27.4. The summed E-state index contributed by atoms with van der Waals surface area (Å²) in [4.78, 5) is 24.7. The van der Waals surface area contributed by atoms with Gasteiger partial charge in [-0.1, -0.05) is 35.4 Å². The first-order valence-corrected chi connectivity index (χ1v) is 8.28. The summed E-state index contributed by atoms with van der Waals surface area (Å²) in [6, 6.07) is 5.75. The van der Waals surface area contributed by atoms with E-state index in [1.54, 1.807) is 0 Å². The number of rotatable bonds is 3. The van der Waals surface area contributed by atoms with E-state index in [0.717, 1.165) is 28.0 Å². The van der Waals surface area contributed by atoms with E-state index in [-0.39, 0.29) is 17.7 Å². The van der Waals surface area contributed by atoms with Crippen molar-refractivity contribution in [3.8, 4) is 0 Å². The van der Waals surface area contributed by atoms with E-state index in [2.05, 4.69) is 5.32 Å². The summed E-state index contributed by atoms with van der Waals surface area (Å²) in [6.45, 7) is 7.94. The molecule has 3 rings (SSSR count). The molecule has 0 heterocycles. The summed E-state index contributed by atoms with van der Waals surface area (Å²) in [5.74, 6) is -2.60. The van der Waals surface area contributed by atoms with Crippen LogP contribution < -0.4 is 5.32 Å². The van der Waals surface area contributed by atoms with Gasteiger partial charge in [-0.15, -0.1) is 0 Å². The predicted octanol–water partition coefficient (Wildman–Crippen LogP) is 3.71. The van der Waals surface area contributed by atoms with Gasteiger partial charge in [0.2, 0.25) is 5.91 Å². The second-order valence-electron chi connectivity index (χ2n) is 7.02. The molecule has 4 atom stereocenters. The van der Waals surface area contributed by atoms with Crippen LogP contribution in [-0.2, 0) is 9.59 Å². The van der Waals surface area contributed by atoms with Crippen LogP contribution in [-0.4, -0.2) is 17.0 Å². The molecule has 1 amide bonds. The van der Waals surface area contributed by atoms with E-state index >= 15 is 0 Å². The summed E-state index contributed by atoms with van der Waals surface area (Å²) in [7, 11) is 0. The highest BCUT2D eigenvalue weighted by Crippen LogP contribution is 2.53. The third-order valence-corrected chi connectivity index (χ3v) is 5.43. The number of nitrogens with one attached hydrogen (secondary N) is 1. The molecule has 2 N–H and O–H groups in total. The molecule has 0 unspecified atom stereocenters. The molecule has 0 aromatic heterocycles. The fourth-order valence-electron chi connectivity index (χ4n) is 4.14. The predicted molar refractivity (Wildman–Crippen MR) is 93.7 cm³/mol. The van der Waals surface area contributed by atoms with Crippen LogP contribution in [0.1, 0.15) is 25.0 Å². The number of hydrogen-bond donors (Lipinski definition) is 2. The van der Waals surface area contributed by atoms with E-state index in [0.29, 0.717) is 0 Å². The van der Waals surface area contributed by atoms with Crippen molar-refractivity contribution in [1.29, 1.82) is 0 Å².